The van der Waals surface area contributed by atoms with Crippen molar-refractivity contribution in [2.24, 2.45) is 0 Å². The van der Waals surface area contributed by atoms with Gasteiger partial charge < -0.3 is 19.7 Å². The Labute approximate surface area is 158 Å². The van der Waals surface area contributed by atoms with Gasteiger partial charge in [-0.15, -0.1) is 0 Å². The second kappa shape index (κ2) is 8.64. The summed E-state index contributed by atoms with van der Waals surface area (Å²) < 4.78 is 10.8. The molecule has 1 aromatic carbocycles. The Morgan fingerprint density at radius 1 is 1.11 bits per heavy atom. The van der Waals surface area contributed by atoms with Crippen LogP contribution in [0.3, 0.4) is 0 Å². The van der Waals surface area contributed by atoms with Gasteiger partial charge in [0.2, 0.25) is 0 Å². The molecule has 0 atom stereocenters. The van der Waals surface area contributed by atoms with E-state index in [9.17, 15) is 9.59 Å². The predicted molar refractivity (Wildman–Crippen MR) is 101 cm³/mol. The van der Waals surface area contributed by atoms with Gasteiger partial charge in [0.05, 0.1) is 24.5 Å². The Hall–Kier alpha value is -2.93. The number of aromatic nitrogens is 1. The van der Waals surface area contributed by atoms with Crippen molar-refractivity contribution in [3.05, 3.63) is 53.3 Å². The number of rotatable bonds is 5. The first-order valence-corrected chi connectivity index (χ1v) is 8.87. The van der Waals surface area contributed by atoms with Crippen LogP contribution in [0.25, 0.3) is 0 Å². The molecule has 7 heteroatoms. The molecule has 0 aliphatic carbocycles. The van der Waals surface area contributed by atoms with Crippen LogP contribution in [0, 0.1) is 13.8 Å². The zero-order valence-corrected chi connectivity index (χ0v) is 15.5. The molecule has 0 unspecified atom stereocenters. The van der Waals surface area contributed by atoms with Crippen LogP contribution in [0.1, 0.15) is 21.7 Å². The molecule has 1 fully saturated rings. The summed E-state index contributed by atoms with van der Waals surface area (Å²) in [6.07, 6.45) is 0. The summed E-state index contributed by atoms with van der Waals surface area (Å²) in [6, 6.07) is 10.5. The zero-order chi connectivity index (χ0) is 19.2. The summed E-state index contributed by atoms with van der Waals surface area (Å²) >= 11 is 0. The van der Waals surface area contributed by atoms with Crippen LogP contribution in [-0.2, 0) is 9.53 Å². The van der Waals surface area contributed by atoms with Gasteiger partial charge in [0.25, 0.3) is 11.8 Å². The van der Waals surface area contributed by atoms with E-state index in [1.165, 1.54) is 0 Å². The average Bonchev–Trinajstić information content (AvgIpc) is 2.67. The highest BCUT2D eigenvalue weighted by Crippen LogP contribution is 2.17. The van der Waals surface area contributed by atoms with E-state index in [-0.39, 0.29) is 18.4 Å². The molecular formula is C20H23N3O4. The molecule has 3 rings (SSSR count). The largest absolute Gasteiger partial charge is 0.484 e. The number of carbonyl (C=O) groups is 2. The molecule has 0 bridgehead atoms. The van der Waals surface area contributed by atoms with Gasteiger partial charge in [-0.2, -0.15) is 0 Å². The first-order chi connectivity index (χ1) is 13.0. The number of pyridine rings is 1. The second-order valence-electron chi connectivity index (χ2n) is 6.35. The number of nitrogens with zero attached hydrogens (tertiary/aromatic N) is 2. The minimum atomic E-state index is -0.212. The third-order valence-electron chi connectivity index (χ3n) is 4.31. The number of hydrogen-bond donors (Lipinski definition) is 1. The van der Waals surface area contributed by atoms with Crippen LogP contribution < -0.4 is 10.1 Å². The lowest BCUT2D eigenvalue weighted by atomic mass is 10.1. The average molecular weight is 369 g/mol. The van der Waals surface area contributed by atoms with Crippen LogP contribution in [0.15, 0.2) is 36.4 Å². The SMILES string of the molecule is Cc1ccc(C(=O)Nc2ccc(OCC(=O)N3CCOCC3)cc2)c(C)n1. The lowest BCUT2D eigenvalue weighted by Crippen LogP contribution is -2.42. The Morgan fingerprint density at radius 2 is 1.81 bits per heavy atom. The standard InChI is InChI=1S/C20H23N3O4/c1-14-3-8-18(15(2)21-14)20(25)22-16-4-6-17(7-5-16)27-13-19(24)23-9-11-26-12-10-23/h3-8H,9-13H2,1-2H3,(H,22,25). The monoisotopic (exact) mass is 369 g/mol. The van der Waals surface area contributed by atoms with E-state index in [4.69, 9.17) is 9.47 Å². The number of ether oxygens (including phenoxy) is 2. The highest BCUT2D eigenvalue weighted by atomic mass is 16.5. The molecule has 27 heavy (non-hydrogen) atoms. The first-order valence-electron chi connectivity index (χ1n) is 8.87. The smallest absolute Gasteiger partial charge is 0.260 e. The van der Waals surface area contributed by atoms with E-state index < -0.39 is 0 Å². The van der Waals surface area contributed by atoms with E-state index in [2.05, 4.69) is 10.3 Å². The van der Waals surface area contributed by atoms with Crippen LogP contribution >= 0.6 is 0 Å². The van der Waals surface area contributed by atoms with Gasteiger partial charge in [0, 0.05) is 24.5 Å². The summed E-state index contributed by atoms with van der Waals surface area (Å²) in [5.74, 6) is 0.303. The molecule has 2 heterocycles. The number of benzene rings is 1. The number of morpholine rings is 1. The van der Waals surface area contributed by atoms with Gasteiger partial charge in [-0.25, -0.2) is 0 Å². The maximum atomic E-state index is 12.4. The predicted octanol–water partition coefficient (Wildman–Crippen LogP) is 2.19. The Bertz CT molecular complexity index is 814. The van der Waals surface area contributed by atoms with Crippen LogP contribution in [0.5, 0.6) is 5.75 Å². The molecule has 142 valence electrons. The molecule has 1 N–H and O–H groups in total. The fourth-order valence-corrected chi connectivity index (χ4v) is 2.81. The highest BCUT2D eigenvalue weighted by molar-refractivity contribution is 6.05. The molecule has 0 spiro atoms. The fourth-order valence-electron chi connectivity index (χ4n) is 2.81. The number of hydrogen-bond acceptors (Lipinski definition) is 5. The maximum Gasteiger partial charge on any atom is 0.260 e. The van der Waals surface area contributed by atoms with Crippen molar-refractivity contribution in [3.63, 3.8) is 0 Å². The summed E-state index contributed by atoms with van der Waals surface area (Å²) in [5.41, 5.74) is 2.75. The first kappa shape index (κ1) is 18.8. The molecule has 7 nitrogen and oxygen atoms in total. The van der Waals surface area contributed by atoms with Crippen molar-refractivity contribution in [2.75, 3.05) is 38.2 Å². The van der Waals surface area contributed by atoms with Gasteiger partial charge in [0.1, 0.15) is 5.75 Å². The van der Waals surface area contributed by atoms with Crippen molar-refractivity contribution >= 4 is 17.5 Å². The molecule has 1 aliphatic rings. The molecule has 1 aliphatic heterocycles. The normalized spacial score (nSPS) is 13.9. The van der Waals surface area contributed by atoms with Gasteiger partial charge in [-0.3, -0.25) is 14.6 Å². The lowest BCUT2D eigenvalue weighted by molar-refractivity contribution is -0.137. The van der Waals surface area contributed by atoms with E-state index in [1.54, 1.807) is 35.2 Å². The third-order valence-corrected chi connectivity index (χ3v) is 4.31. The molecule has 2 amide bonds. The number of nitrogens with one attached hydrogen (secondary N) is 1. The summed E-state index contributed by atoms with van der Waals surface area (Å²) in [5, 5.41) is 2.84. The topological polar surface area (TPSA) is 80.8 Å². The molecular weight excluding hydrogens is 346 g/mol. The van der Waals surface area contributed by atoms with Gasteiger partial charge in [-0.05, 0) is 50.2 Å². The van der Waals surface area contributed by atoms with Gasteiger partial charge >= 0.3 is 0 Å². The van der Waals surface area contributed by atoms with Crippen LogP contribution in [0.2, 0.25) is 0 Å². The number of aryl methyl sites for hydroxylation is 2. The summed E-state index contributed by atoms with van der Waals surface area (Å²) in [7, 11) is 0. The van der Waals surface area contributed by atoms with Gasteiger partial charge in [-0.1, -0.05) is 0 Å². The third kappa shape index (κ3) is 5.04. The quantitative estimate of drug-likeness (QED) is 0.874. The van der Waals surface area contributed by atoms with E-state index in [0.29, 0.717) is 49.0 Å². The van der Waals surface area contributed by atoms with Crippen molar-refractivity contribution in [1.82, 2.24) is 9.88 Å². The van der Waals surface area contributed by atoms with Crippen molar-refractivity contribution in [2.45, 2.75) is 13.8 Å². The second-order valence-corrected chi connectivity index (χ2v) is 6.35. The van der Waals surface area contributed by atoms with Crippen molar-refractivity contribution in [3.8, 4) is 5.75 Å². The maximum absolute atomic E-state index is 12.4. The van der Waals surface area contributed by atoms with E-state index >= 15 is 0 Å². The Morgan fingerprint density at radius 3 is 2.48 bits per heavy atom. The summed E-state index contributed by atoms with van der Waals surface area (Å²) in [6.45, 7) is 6.01. The molecule has 0 radical (unpaired) electrons. The molecule has 2 aromatic rings. The van der Waals surface area contributed by atoms with Crippen LogP contribution in [-0.4, -0.2) is 54.6 Å². The van der Waals surface area contributed by atoms with Gasteiger partial charge in [0.15, 0.2) is 6.61 Å². The number of carbonyl (C=O) groups excluding carboxylic acids is 2. The van der Waals surface area contributed by atoms with E-state index in [0.717, 1.165) is 5.69 Å². The van der Waals surface area contributed by atoms with Crippen molar-refractivity contribution < 1.29 is 19.1 Å². The highest BCUT2D eigenvalue weighted by Gasteiger charge is 2.17. The molecule has 1 aromatic heterocycles. The van der Waals surface area contributed by atoms with Crippen LogP contribution in [0.4, 0.5) is 5.69 Å². The Balaban J connectivity index is 1.53. The number of amides is 2. The minimum Gasteiger partial charge on any atom is -0.484 e. The minimum absolute atomic E-state index is 0.0140. The Kier molecular flexibility index (Phi) is 6.03. The van der Waals surface area contributed by atoms with Crippen molar-refractivity contribution in [1.29, 1.82) is 0 Å². The van der Waals surface area contributed by atoms with E-state index in [1.807, 2.05) is 19.9 Å². The number of anilines is 1. The zero-order valence-electron chi connectivity index (χ0n) is 15.5. The lowest BCUT2D eigenvalue weighted by Gasteiger charge is -2.26. The fraction of sp³-hybridized carbons (Fsp3) is 0.350. The molecule has 1 saturated heterocycles. The summed E-state index contributed by atoms with van der Waals surface area (Å²) in [4.78, 5) is 30.5. The molecule has 0 saturated carbocycles.